The minimum atomic E-state index is 0.437. The molecule has 3 nitrogen and oxygen atoms in total. The topological polar surface area (TPSA) is 37.8 Å². The first kappa shape index (κ1) is 9.13. The molecule has 1 N–H and O–H groups in total. The standard InChI is InChI=1S/C9H15N3/c1-7-4-5-11-9(12-7)6-8(2)10-3/h4-5,8,10H,6H2,1-3H3. The van der Waals surface area contributed by atoms with E-state index in [1.165, 1.54) is 0 Å². The second kappa shape index (κ2) is 4.16. The second-order valence-corrected chi connectivity index (χ2v) is 3.01. The summed E-state index contributed by atoms with van der Waals surface area (Å²) in [4.78, 5) is 8.49. The van der Waals surface area contributed by atoms with Gasteiger partial charge in [0.2, 0.25) is 0 Å². The van der Waals surface area contributed by atoms with E-state index >= 15 is 0 Å². The molecule has 1 heterocycles. The van der Waals surface area contributed by atoms with E-state index in [2.05, 4.69) is 22.2 Å². The van der Waals surface area contributed by atoms with Crippen LogP contribution >= 0.6 is 0 Å². The van der Waals surface area contributed by atoms with Crippen LogP contribution in [-0.2, 0) is 6.42 Å². The number of aromatic nitrogens is 2. The Hall–Kier alpha value is -0.960. The first-order valence-corrected chi connectivity index (χ1v) is 4.18. The lowest BCUT2D eigenvalue weighted by Crippen LogP contribution is -2.24. The number of nitrogens with one attached hydrogen (secondary N) is 1. The lowest BCUT2D eigenvalue weighted by atomic mass is 10.2. The van der Waals surface area contributed by atoms with Crippen LogP contribution in [0.4, 0.5) is 0 Å². The molecular formula is C9H15N3. The van der Waals surface area contributed by atoms with Crippen molar-refractivity contribution < 1.29 is 0 Å². The molecule has 0 saturated carbocycles. The van der Waals surface area contributed by atoms with Crippen LogP contribution in [0, 0.1) is 6.92 Å². The largest absolute Gasteiger partial charge is 0.317 e. The van der Waals surface area contributed by atoms with Gasteiger partial charge in [-0.25, -0.2) is 9.97 Å². The highest BCUT2D eigenvalue weighted by Gasteiger charge is 2.02. The molecule has 0 radical (unpaired) electrons. The van der Waals surface area contributed by atoms with Gasteiger partial charge in [-0.3, -0.25) is 0 Å². The zero-order valence-corrected chi connectivity index (χ0v) is 7.83. The first-order valence-electron chi connectivity index (χ1n) is 4.18. The van der Waals surface area contributed by atoms with E-state index < -0.39 is 0 Å². The Morgan fingerprint density at radius 3 is 2.92 bits per heavy atom. The fraction of sp³-hybridized carbons (Fsp3) is 0.556. The van der Waals surface area contributed by atoms with Crippen molar-refractivity contribution in [3.05, 3.63) is 23.8 Å². The van der Waals surface area contributed by atoms with Crippen molar-refractivity contribution in [3.63, 3.8) is 0 Å². The summed E-state index contributed by atoms with van der Waals surface area (Å²) >= 11 is 0. The van der Waals surface area contributed by atoms with Crippen molar-refractivity contribution in [2.24, 2.45) is 0 Å². The molecular weight excluding hydrogens is 150 g/mol. The lowest BCUT2D eigenvalue weighted by Gasteiger charge is -2.08. The van der Waals surface area contributed by atoms with Crippen LogP contribution in [0.2, 0.25) is 0 Å². The van der Waals surface area contributed by atoms with Crippen molar-refractivity contribution in [2.45, 2.75) is 26.3 Å². The molecule has 0 aliphatic rings. The van der Waals surface area contributed by atoms with Crippen molar-refractivity contribution >= 4 is 0 Å². The maximum atomic E-state index is 4.31. The molecule has 0 aromatic carbocycles. The second-order valence-electron chi connectivity index (χ2n) is 3.01. The van der Waals surface area contributed by atoms with E-state index in [-0.39, 0.29) is 0 Å². The van der Waals surface area contributed by atoms with Gasteiger partial charge in [-0.2, -0.15) is 0 Å². The van der Waals surface area contributed by atoms with Crippen LogP contribution in [0.15, 0.2) is 12.3 Å². The van der Waals surface area contributed by atoms with Crippen molar-refractivity contribution in [1.82, 2.24) is 15.3 Å². The molecule has 0 amide bonds. The Labute approximate surface area is 73.2 Å². The van der Waals surface area contributed by atoms with Gasteiger partial charge in [-0.15, -0.1) is 0 Å². The third-order valence-electron chi connectivity index (χ3n) is 1.83. The van der Waals surface area contributed by atoms with Gasteiger partial charge in [0.05, 0.1) is 0 Å². The van der Waals surface area contributed by atoms with Crippen LogP contribution in [0.5, 0.6) is 0 Å². The zero-order chi connectivity index (χ0) is 8.97. The van der Waals surface area contributed by atoms with Gasteiger partial charge < -0.3 is 5.32 Å². The number of aryl methyl sites for hydroxylation is 1. The smallest absolute Gasteiger partial charge is 0.130 e. The summed E-state index contributed by atoms with van der Waals surface area (Å²) in [7, 11) is 1.94. The summed E-state index contributed by atoms with van der Waals surface area (Å²) in [6, 6.07) is 2.35. The van der Waals surface area contributed by atoms with Gasteiger partial charge in [0.15, 0.2) is 0 Å². The molecule has 3 heteroatoms. The summed E-state index contributed by atoms with van der Waals surface area (Å²) in [5.74, 6) is 0.914. The monoisotopic (exact) mass is 165 g/mol. The van der Waals surface area contributed by atoms with Gasteiger partial charge in [0.25, 0.3) is 0 Å². The van der Waals surface area contributed by atoms with Crippen LogP contribution in [0.1, 0.15) is 18.4 Å². The van der Waals surface area contributed by atoms with Gasteiger partial charge in [-0.1, -0.05) is 0 Å². The van der Waals surface area contributed by atoms with E-state index in [1.54, 1.807) is 6.20 Å². The number of rotatable bonds is 3. The Balaban J connectivity index is 2.63. The Bertz CT molecular complexity index is 247. The van der Waals surface area contributed by atoms with E-state index in [0.717, 1.165) is 17.9 Å². The lowest BCUT2D eigenvalue weighted by molar-refractivity contribution is 0.589. The molecule has 1 aromatic heterocycles. The van der Waals surface area contributed by atoms with Gasteiger partial charge in [-0.05, 0) is 27.0 Å². The first-order chi connectivity index (χ1) is 5.72. The predicted octanol–water partition coefficient (Wildman–Crippen LogP) is 0.935. The van der Waals surface area contributed by atoms with Crippen LogP contribution < -0.4 is 5.32 Å². The van der Waals surface area contributed by atoms with Gasteiger partial charge >= 0.3 is 0 Å². The molecule has 1 aromatic rings. The van der Waals surface area contributed by atoms with E-state index in [0.29, 0.717) is 6.04 Å². The quantitative estimate of drug-likeness (QED) is 0.724. The Morgan fingerprint density at radius 2 is 2.33 bits per heavy atom. The molecule has 0 fully saturated rings. The highest BCUT2D eigenvalue weighted by Crippen LogP contribution is 1.97. The fourth-order valence-electron chi connectivity index (χ4n) is 0.975. The molecule has 0 aliphatic heterocycles. The van der Waals surface area contributed by atoms with Crippen LogP contribution in [-0.4, -0.2) is 23.1 Å². The van der Waals surface area contributed by atoms with E-state index in [9.17, 15) is 0 Å². The van der Waals surface area contributed by atoms with Crippen molar-refractivity contribution in [3.8, 4) is 0 Å². The van der Waals surface area contributed by atoms with E-state index in [1.807, 2.05) is 20.0 Å². The third kappa shape index (κ3) is 2.58. The van der Waals surface area contributed by atoms with Gasteiger partial charge in [0, 0.05) is 24.4 Å². The van der Waals surface area contributed by atoms with E-state index in [4.69, 9.17) is 0 Å². The summed E-state index contributed by atoms with van der Waals surface area (Å²) in [5, 5.41) is 3.15. The highest BCUT2D eigenvalue weighted by molar-refractivity contribution is 5.00. The van der Waals surface area contributed by atoms with Crippen LogP contribution in [0.25, 0.3) is 0 Å². The summed E-state index contributed by atoms with van der Waals surface area (Å²) in [6.45, 7) is 4.10. The molecule has 0 bridgehead atoms. The average molecular weight is 165 g/mol. The molecule has 1 atom stereocenters. The highest BCUT2D eigenvalue weighted by atomic mass is 14.9. The molecule has 0 aliphatic carbocycles. The average Bonchev–Trinajstić information content (AvgIpc) is 2.04. The SMILES string of the molecule is CNC(C)Cc1nccc(C)n1. The minimum absolute atomic E-state index is 0.437. The number of nitrogens with zero attached hydrogens (tertiary/aromatic N) is 2. The summed E-state index contributed by atoms with van der Waals surface area (Å²) in [6.07, 6.45) is 2.69. The number of hydrogen-bond donors (Lipinski definition) is 1. The molecule has 0 spiro atoms. The zero-order valence-electron chi connectivity index (χ0n) is 7.83. The molecule has 0 saturated heterocycles. The molecule has 66 valence electrons. The number of likely N-dealkylation sites (N-methyl/N-ethyl adjacent to an activating group) is 1. The predicted molar refractivity (Wildman–Crippen MR) is 49.0 cm³/mol. The third-order valence-corrected chi connectivity index (χ3v) is 1.83. The summed E-state index contributed by atoms with van der Waals surface area (Å²) < 4.78 is 0. The Kier molecular flexibility index (Phi) is 3.17. The van der Waals surface area contributed by atoms with Crippen LogP contribution in [0.3, 0.4) is 0 Å². The van der Waals surface area contributed by atoms with Crippen molar-refractivity contribution in [1.29, 1.82) is 0 Å². The van der Waals surface area contributed by atoms with Gasteiger partial charge in [0.1, 0.15) is 5.82 Å². The van der Waals surface area contributed by atoms with Crippen molar-refractivity contribution in [2.75, 3.05) is 7.05 Å². The summed E-state index contributed by atoms with van der Waals surface area (Å²) in [5.41, 5.74) is 1.03. The maximum absolute atomic E-state index is 4.31. The normalized spacial score (nSPS) is 12.9. The maximum Gasteiger partial charge on any atom is 0.130 e. The minimum Gasteiger partial charge on any atom is -0.317 e. The molecule has 12 heavy (non-hydrogen) atoms. The number of hydrogen-bond acceptors (Lipinski definition) is 3. The fourth-order valence-corrected chi connectivity index (χ4v) is 0.975. The Morgan fingerprint density at radius 1 is 1.58 bits per heavy atom. The molecule has 1 unspecified atom stereocenters. The molecule has 1 rings (SSSR count).